The predicted octanol–water partition coefficient (Wildman–Crippen LogP) is 1.61. The van der Waals surface area contributed by atoms with E-state index in [2.05, 4.69) is 0 Å². The van der Waals surface area contributed by atoms with Gasteiger partial charge in [0.05, 0.1) is 6.61 Å². The molecule has 1 saturated heterocycles. The Morgan fingerprint density at radius 3 is 2.65 bits per heavy atom. The minimum absolute atomic E-state index is 0.0690. The van der Waals surface area contributed by atoms with Gasteiger partial charge in [-0.2, -0.15) is 4.31 Å². The van der Waals surface area contributed by atoms with Crippen LogP contribution in [0.25, 0.3) is 0 Å². The quantitative estimate of drug-likeness (QED) is 0.773. The molecule has 2 heterocycles. The summed E-state index contributed by atoms with van der Waals surface area (Å²) in [4.78, 5) is 23.6. The van der Waals surface area contributed by atoms with Gasteiger partial charge in [-0.25, -0.2) is 13.2 Å². The number of aromatic nitrogens is 1. The minimum Gasteiger partial charge on any atom is -0.480 e. The Labute approximate surface area is 152 Å². The molecule has 3 atom stereocenters. The number of hydrogen-bond donors (Lipinski definition) is 1. The highest BCUT2D eigenvalue weighted by Crippen LogP contribution is 2.42. The van der Waals surface area contributed by atoms with Crippen molar-refractivity contribution in [2.45, 2.75) is 56.0 Å². The van der Waals surface area contributed by atoms with Crippen LogP contribution in [0.4, 0.5) is 0 Å². The molecule has 1 saturated carbocycles. The van der Waals surface area contributed by atoms with Crippen molar-refractivity contribution < 1.29 is 27.9 Å². The first-order chi connectivity index (χ1) is 12.3. The van der Waals surface area contributed by atoms with E-state index in [1.54, 1.807) is 14.0 Å². The summed E-state index contributed by atoms with van der Waals surface area (Å²) in [6.45, 7) is 1.85. The number of carboxylic acid groups (broad SMARTS) is 1. The molecule has 26 heavy (non-hydrogen) atoms. The van der Waals surface area contributed by atoms with Crippen LogP contribution in [0, 0.1) is 5.92 Å². The molecule has 2 fully saturated rings. The molecule has 144 valence electrons. The second-order valence-corrected chi connectivity index (χ2v) is 8.77. The fraction of sp³-hybridized carbons (Fsp3) is 0.647. The summed E-state index contributed by atoms with van der Waals surface area (Å²) in [6.07, 6.45) is 5.10. The van der Waals surface area contributed by atoms with Gasteiger partial charge < -0.3 is 14.4 Å². The van der Waals surface area contributed by atoms with E-state index >= 15 is 0 Å². The van der Waals surface area contributed by atoms with Crippen LogP contribution in [-0.2, 0) is 26.6 Å². The Morgan fingerprint density at radius 1 is 1.31 bits per heavy atom. The minimum atomic E-state index is -4.03. The smallest absolute Gasteiger partial charge is 0.354 e. The van der Waals surface area contributed by atoms with Crippen LogP contribution in [0.2, 0.25) is 0 Å². The Balaban J connectivity index is 1.99. The lowest BCUT2D eigenvalue weighted by atomic mass is 9.85. The van der Waals surface area contributed by atoms with Gasteiger partial charge in [0, 0.05) is 19.3 Å². The van der Waals surface area contributed by atoms with Crippen LogP contribution in [0.15, 0.2) is 17.2 Å². The molecule has 0 spiro atoms. The van der Waals surface area contributed by atoms with E-state index in [0.717, 1.165) is 19.3 Å². The number of hydrogen-bond acceptors (Lipinski definition) is 5. The third kappa shape index (κ3) is 3.14. The topological polar surface area (TPSA) is 106 Å². The third-order valence-corrected chi connectivity index (χ3v) is 7.25. The van der Waals surface area contributed by atoms with Gasteiger partial charge in [-0.15, -0.1) is 0 Å². The van der Waals surface area contributed by atoms with Crippen molar-refractivity contribution in [3.8, 4) is 0 Å². The summed E-state index contributed by atoms with van der Waals surface area (Å²) in [7, 11) is -2.47. The first-order valence-electron chi connectivity index (χ1n) is 8.87. The molecule has 0 radical (unpaired) electrons. The number of sulfonamides is 1. The van der Waals surface area contributed by atoms with E-state index in [1.807, 2.05) is 0 Å². The zero-order valence-corrected chi connectivity index (χ0v) is 15.7. The van der Waals surface area contributed by atoms with Gasteiger partial charge in [0.15, 0.2) is 0 Å². The Kier molecular flexibility index (Phi) is 5.12. The zero-order valence-electron chi connectivity index (χ0n) is 14.9. The second kappa shape index (κ2) is 7.03. The van der Waals surface area contributed by atoms with Crippen molar-refractivity contribution in [2.75, 3.05) is 6.61 Å². The van der Waals surface area contributed by atoms with Crippen LogP contribution >= 0.6 is 0 Å². The number of aliphatic carboxylic acids is 1. The highest BCUT2D eigenvalue weighted by atomic mass is 32.2. The largest absolute Gasteiger partial charge is 0.480 e. The first kappa shape index (κ1) is 18.9. The number of aryl methyl sites for hydroxylation is 1. The van der Waals surface area contributed by atoms with Gasteiger partial charge in [0.1, 0.15) is 16.6 Å². The molecule has 0 aromatic carbocycles. The zero-order chi connectivity index (χ0) is 19.1. The number of fused-ring (bicyclic) bond motifs is 1. The van der Waals surface area contributed by atoms with Crippen molar-refractivity contribution >= 4 is 22.0 Å². The highest BCUT2D eigenvalue weighted by molar-refractivity contribution is 7.89. The van der Waals surface area contributed by atoms with Crippen LogP contribution in [-0.4, -0.2) is 53.0 Å². The first-order valence-corrected chi connectivity index (χ1v) is 10.3. The molecule has 3 unspecified atom stereocenters. The summed E-state index contributed by atoms with van der Waals surface area (Å²) in [5.41, 5.74) is 0.122. The van der Waals surface area contributed by atoms with Crippen LogP contribution < -0.4 is 0 Å². The number of ether oxygens (including phenoxy) is 1. The highest BCUT2D eigenvalue weighted by Gasteiger charge is 2.51. The van der Waals surface area contributed by atoms with Crippen molar-refractivity contribution in [3.63, 3.8) is 0 Å². The van der Waals surface area contributed by atoms with Gasteiger partial charge in [0.25, 0.3) is 0 Å². The number of rotatable bonds is 5. The second-order valence-electron chi connectivity index (χ2n) is 6.93. The molecule has 1 aromatic rings. The number of carbonyl (C=O) groups is 2. The number of carboxylic acids is 1. The van der Waals surface area contributed by atoms with E-state index in [-0.39, 0.29) is 29.2 Å². The molecule has 1 N–H and O–H groups in total. The molecule has 2 aliphatic rings. The molecule has 1 aliphatic heterocycles. The van der Waals surface area contributed by atoms with Crippen molar-refractivity contribution in [2.24, 2.45) is 13.0 Å². The van der Waals surface area contributed by atoms with E-state index in [4.69, 9.17) is 4.74 Å². The predicted molar refractivity (Wildman–Crippen MR) is 92.2 cm³/mol. The lowest BCUT2D eigenvalue weighted by Crippen LogP contribution is -2.46. The number of carbonyl (C=O) groups excluding carboxylic acids is 1. The molecule has 0 amide bonds. The van der Waals surface area contributed by atoms with Gasteiger partial charge >= 0.3 is 11.9 Å². The average molecular weight is 384 g/mol. The average Bonchev–Trinajstić information content (AvgIpc) is 3.16. The standard InChI is InChI=1S/C17H24N2O6S/c1-3-25-17(22)15-9-12(10-18(15)2)26(23,24)19-13-7-5-4-6-11(13)8-14(19)16(20)21/h9-11,13-14H,3-8H2,1-2H3,(H,20,21). The Bertz CT molecular complexity index is 815. The molecule has 3 rings (SSSR count). The summed E-state index contributed by atoms with van der Waals surface area (Å²) >= 11 is 0. The summed E-state index contributed by atoms with van der Waals surface area (Å²) in [5, 5.41) is 9.57. The fourth-order valence-electron chi connectivity index (χ4n) is 4.18. The van der Waals surface area contributed by atoms with Crippen molar-refractivity contribution in [1.82, 2.24) is 8.87 Å². The van der Waals surface area contributed by atoms with E-state index in [1.165, 1.54) is 21.1 Å². The van der Waals surface area contributed by atoms with Crippen molar-refractivity contribution in [3.05, 3.63) is 18.0 Å². The number of esters is 1. The molecule has 9 heteroatoms. The fourth-order valence-corrected chi connectivity index (χ4v) is 6.12. The lowest BCUT2D eigenvalue weighted by Gasteiger charge is -2.31. The third-order valence-electron chi connectivity index (χ3n) is 5.35. The summed E-state index contributed by atoms with van der Waals surface area (Å²) in [6, 6.07) is -0.0805. The van der Waals surface area contributed by atoms with Crippen LogP contribution in [0.5, 0.6) is 0 Å². The molecular weight excluding hydrogens is 360 g/mol. The summed E-state index contributed by atoms with van der Waals surface area (Å²) < 4.78 is 34.0. The SMILES string of the molecule is CCOC(=O)c1cc(S(=O)(=O)N2C(C(=O)O)CC3CCCCC32)cn1C. The van der Waals surface area contributed by atoms with E-state index < -0.39 is 28.0 Å². The molecule has 0 bridgehead atoms. The van der Waals surface area contributed by atoms with Crippen LogP contribution in [0.3, 0.4) is 0 Å². The van der Waals surface area contributed by atoms with Gasteiger partial charge in [-0.1, -0.05) is 12.8 Å². The van der Waals surface area contributed by atoms with Gasteiger partial charge in [0.2, 0.25) is 10.0 Å². The van der Waals surface area contributed by atoms with Crippen LogP contribution in [0.1, 0.15) is 49.5 Å². The molecule has 1 aliphatic carbocycles. The van der Waals surface area contributed by atoms with Crippen molar-refractivity contribution in [1.29, 1.82) is 0 Å². The number of nitrogens with zero attached hydrogens (tertiary/aromatic N) is 2. The van der Waals surface area contributed by atoms with Gasteiger partial charge in [-0.3, -0.25) is 4.79 Å². The lowest BCUT2D eigenvalue weighted by molar-refractivity contribution is -0.141. The maximum absolute atomic E-state index is 13.2. The maximum atomic E-state index is 13.2. The Morgan fingerprint density at radius 2 is 2.00 bits per heavy atom. The molecular formula is C17H24N2O6S. The normalized spacial score (nSPS) is 26.5. The monoisotopic (exact) mass is 384 g/mol. The maximum Gasteiger partial charge on any atom is 0.354 e. The summed E-state index contributed by atoms with van der Waals surface area (Å²) in [5.74, 6) is -1.65. The molecule has 8 nitrogen and oxygen atoms in total. The van der Waals surface area contributed by atoms with Gasteiger partial charge in [-0.05, 0) is 38.2 Å². The van der Waals surface area contributed by atoms with E-state index in [9.17, 15) is 23.1 Å². The Hall–Kier alpha value is -1.87. The van der Waals surface area contributed by atoms with E-state index in [0.29, 0.717) is 12.8 Å². The molecule has 1 aromatic heterocycles.